The van der Waals surface area contributed by atoms with E-state index in [-0.39, 0.29) is 30.1 Å². The minimum atomic E-state index is -0.374. The largest absolute Gasteiger partial charge is 0.321 e. The highest BCUT2D eigenvalue weighted by Gasteiger charge is 2.11. The first kappa shape index (κ1) is 23.8. The van der Waals surface area contributed by atoms with Crippen molar-refractivity contribution in [3.63, 3.8) is 0 Å². The summed E-state index contributed by atoms with van der Waals surface area (Å²) in [7, 11) is 0. The fourth-order valence-electron chi connectivity index (χ4n) is 2.09. The van der Waals surface area contributed by atoms with Crippen LogP contribution in [0.5, 0.6) is 0 Å². The molecule has 0 fully saturated rings. The van der Waals surface area contributed by atoms with Gasteiger partial charge in [0.25, 0.3) is 0 Å². The quantitative estimate of drug-likeness (QED) is 0.323. The van der Waals surface area contributed by atoms with Gasteiger partial charge >= 0.3 is 0 Å². The van der Waals surface area contributed by atoms with Gasteiger partial charge in [-0.15, -0.1) is 24.0 Å². The third-order valence-corrected chi connectivity index (χ3v) is 4.92. The number of carbonyl (C=O) groups excluding carboxylic acids is 1. The van der Waals surface area contributed by atoms with E-state index in [0.717, 1.165) is 5.75 Å². The van der Waals surface area contributed by atoms with Crippen molar-refractivity contribution in [3.05, 3.63) is 0 Å². The van der Waals surface area contributed by atoms with Crippen molar-refractivity contribution in [2.24, 2.45) is 5.73 Å². The number of carbonyl (C=O) groups is 1. The van der Waals surface area contributed by atoms with Crippen LogP contribution in [-0.2, 0) is 4.79 Å². The molecule has 128 valence electrons. The van der Waals surface area contributed by atoms with Crippen molar-refractivity contribution in [1.82, 2.24) is 0 Å². The van der Waals surface area contributed by atoms with Crippen LogP contribution in [0.15, 0.2) is 0 Å². The predicted molar refractivity (Wildman–Crippen MR) is 100 cm³/mol. The number of hydrogen-bond donors (Lipinski definition) is 1. The van der Waals surface area contributed by atoms with Crippen LogP contribution in [0.4, 0.5) is 0 Å². The van der Waals surface area contributed by atoms with Crippen molar-refractivity contribution >= 4 is 41.6 Å². The molecule has 0 bridgehead atoms. The molecule has 0 unspecified atom stereocenters. The molecule has 5 heteroatoms. The molecule has 21 heavy (non-hydrogen) atoms. The van der Waals surface area contributed by atoms with Gasteiger partial charge in [-0.2, -0.15) is 11.8 Å². The van der Waals surface area contributed by atoms with Crippen LogP contribution in [0, 0.1) is 0 Å². The summed E-state index contributed by atoms with van der Waals surface area (Å²) in [6, 6.07) is -0.374. The molecule has 0 rings (SSSR count). The minimum Gasteiger partial charge on any atom is -0.321 e. The van der Waals surface area contributed by atoms with Gasteiger partial charge in [0, 0.05) is 5.75 Å². The molecule has 0 saturated heterocycles. The van der Waals surface area contributed by atoms with Crippen molar-refractivity contribution in [1.29, 1.82) is 0 Å². The van der Waals surface area contributed by atoms with Gasteiger partial charge < -0.3 is 5.73 Å². The Balaban J connectivity index is 0. The fourth-order valence-corrected chi connectivity index (χ4v) is 3.31. The zero-order chi connectivity index (χ0) is 15.1. The molecule has 0 saturated carbocycles. The summed E-state index contributed by atoms with van der Waals surface area (Å²) in [4.78, 5) is 11.2. The zero-order valence-corrected chi connectivity index (χ0v) is 15.8. The smallest absolute Gasteiger partial charge is 0.165 e. The maximum Gasteiger partial charge on any atom is 0.165 e. The molecule has 0 aliphatic heterocycles. The fraction of sp³-hybridized carbons (Fsp3) is 0.938. The number of rotatable bonds is 15. The number of Topliss-reactive ketones (excluding diaryl/α,β-unsaturated/α-hetero) is 1. The van der Waals surface area contributed by atoms with E-state index < -0.39 is 0 Å². The Bertz CT molecular complexity index is 230. The monoisotopic (exact) mass is 357 g/mol. The molecular weight excluding hydrogens is 325 g/mol. The Morgan fingerprint density at radius 1 is 1.00 bits per heavy atom. The van der Waals surface area contributed by atoms with Crippen LogP contribution in [0.3, 0.4) is 0 Å². The molecule has 0 spiro atoms. The third-order valence-electron chi connectivity index (χ3n) is 3.48. The first-order chi connectivity index (χ1) is 9.72. The Kier molecular flexibility index (Phi) is 21.1. The lowest BCUT2D eigenvalue weighted by Crippen LogP contribution is -2.33. The van der Waals surface area contributed by atoms with Crippen LogP contribution in [-0.4, -0.2) is 29.2 Å². The van der Waals surface area contributed by atoms with E-state index >= 15 is 0 Å². The lowest BCUT2D eigenvalue weighted by Gasteiger charge is -2.08. The van der Waals surface area contributed by atoms with Gasteiger partial charge in [0.05, 0.1) is 11.9 Å². The molecule has 0 aromatic heterocycles. The van der Waals surface area contributed by atoms with Crippen LogP contribution in [0.2, 0.25) is 0 Å². The molecule has 2 nitrogen and oxygen atoms in total. The molecule has 0 aromatic carbocycles. The minimum absolute atomic E-state index is 0. The van der Waals surface area contributed by atoms with Gasteiger partial charge in [0.1, 0.15) is 0 Å². The van der Waals surface area contributed by atoms with E-state index in [9.17, 15) is 4.79 Å². The lowest BCUT2D eigenvalue weighted by molar-refractivity contribution is -0.117. The number of halogens is 2. The molecule has 0 aliphatic rings. The van der Waals surface area contributed by atoms with E-state index in [1.165, 1.54) is 64.2 Å². The average Bonchev–Trinajstić information content (AvgIpc) is 2.47. The third kappa shape index (κ3) is 16.8. The molecule has 2 N–H and O–H groups in total. The van der Waals surface area contributed by atoms with Crippen LogP contribution in [0.1, 0.15) is 71.1 Å². The highest BCUT2D eigenvalue weighted by Crippen LogP contribution is 2.12. The van der Waals surface area contributed by atoms with Crippen LogP contribution < -0.4 is 5.73 Å². The maximum atomic E-state index is 11.2. The topological polar surface area (TPSA) is 43.1 Å². The van der Waals surface area contributed by atoms with Gasteiger partial charge in [-0.05, 0) is 12.2 Å². The second-order valence-corrected chi connectivity index (χ2v) is 6.88. The summed E-state index contributed by atoms with van der Waals surface area (Å²) in [6.07, 6.45) is 13.6. The van der Waals surface area contributed by atoms with Gasteiger partial charge in [-0.1, -0.05) is 64.7 Å². The highest BCUT2D eigenvalue weighted by molar-refractivity contribution is 7.99. The molecule has 0 radical (unpaired) electrons. The SMILES string of the molecule is CCCCCCCCCCCCSC[C@H](N)C(=O)CCl.Cl. The van der Waals surface area contributed by atoms with Gasteiger partial charge in [0.15, 0.2) is 5.78 Å². The Morgan fingerprint density at radius 2 is 1.48 bits per heavy atom. The van der Waals surface area contributed by atoms with Crippen LogP contribution in [0.25, 0.3) is 0 Å². The van der Waals surface area contributed by atoms with Crippen molar-refractivity contribution in [2.75, 3.05) is 17.4 Å². The average molecular weight is 358 g/mol. The van der Waals surface area contributed by atoms with Crippen molar-refractivity contribution < 1.29 is 4.79 Å². The van der Waals surface area contributed by atoms with Gasteiger partial charge in [-0.25, -0.2) is 0 Å². The summed E-state index contributed by atoms with van der Waals surface area (Å²) in [5.74, 6) is 1.82. The Morgan fingerprint density at radius 3 is 1.95 bits per heavy atom. The van der Waals surface area contributed by atoms with E-state index in [0.29, 0.717) is 5.75 Å². The first-order valence-corrected chi connectivity index (χ1v) is 9.83. The number of ketones is 1. The van der Waals surface area contributed by atoms with E-state index in [2.05, 4.69) is 6.92 Å². The second-order valence-electron chi connectivity index (χ2n) is 5.46. The Hall–Kier alpha value is 0.560. The van der Waals surface area contributed by atoms with Crippen LogP contribution >= 0.6 is 35.8 Å². The van der Waals surface area contributed by atoms with Crippen molar-refractivity contribution in [2.45, 2.75) is 77.2 Å². The molecule has 1 atom stereocenters. The molecular formula is C16H33Cl2NOS. The van der Waals surface area contributed by atoms with Gasteiger partial charge in [0.2, 0.25) is 0 Å². The van der Waals surface area contributed by atoms with E-state index in [1.54, 1.807) is 11.8 Å². The number of unbranched alkanes of at least 4 members (excludes halogenated alkanes) is 9. The first-order valence-electron chi connectivity index (χ1n) is 8.14. The summed E-state index contributed by atoms with van der Waals surface area (Å²) in [5.41, 5.74) is 5.70. The predicted octanol–water partition coefficient (Wildman–Crippen LogP) is 5.20. The number of hydrogen-bond acceptors (Lipinski definition) is 3. The summed E-state index contributed by atoms with van der Waals surface area (Å²) in [5, 5.41) is 0. The van der Waals surface area contributed by atoms with Crippen molar-refractivity contribution in [3.8, 4) is 0 Å². The summed E-state index contributed by atoms with van der Waals surface area (Å²) in [6.45, 7) is 2.26. The molecule has 0 aromatic rings. The molecule has 0 aliphatic carbocycles. The Labute approximate surface area is 146 Å². The second kappa shape index (κ2) is 18.6. The summed E-state index contributed by atoms with van der Waals surface area (Å²) >= 11 is 7.24. The number of thioether (sulfide) groups is 1. The van der Waals surface area contributed by atoms with E-state index in [4.69, 9.17) is 17.3 Å². The lowest BCUT2D eigenvalue weighted by atomic mass is 10.1. The van der Waals surface area contributed by atoms with Gasteiger partial charge in [-0.3, -0.25) is 4.79 Å². The molecule has 0 heterocycles. The van der Waals surface area contributed by atoms with E-state index in [1.807, 2.05) is 0 Å². The summed E-state index contributed by atoms with van der Waals surface area (Å²) < 4.78 is 0. The molecule has 0 amide bonds. The highest BCUT2D eigenvalue weighted by atomic mass is 35.5. The zero-order valence-electron chi connectivity index (χ0n) is 13.4. The maximum absolute atomic E-state index is 11.2. The number of alkyl halides is 1. The number of nitrogens with two attached hydrogens (primary N) is 1. The normalized spacial score (nSPS) is 12.0. The standard InChI is InChI=1S/C16H32ClNOS.ClH/c1-2-3-4-5-6-7-8-9-10-11-12-20-14-15(18)16(19)13-17;/h15H,2-14,18H2,1H3;1H/t15-;/m0./s1.